The molecule has 150 valence electrons. The van der Waals surface area contributed by atoms with Crippen LogP contribution >= 0.6 is 7.26 Å². The first-order chi connectivity index (χ1) is 14.3. The molecule has 0 spiro atoms. The Bertz CT molecular complexity index is 959. The van der Waals surface area contributed by atoms with Crippen LogP contribution in [-0.2, 0) is 4.79 Å². The molecule has 0 saturated heterocycles. The lowest BCUT2D eigenvalue weighted by atomic mass is 10.3. The highest BCUT2D eigenvalue weighted by atomic mass is 79.9. The fraction of sp³-hybridized carbons (Fsp3) is 0.0385. The third-order valence-electron chi connectivity index (χ3n) is 4.93. The molecule has 0 atom stereocenters. The molecule has 0 N–H and O–H groups in total. The van der Waals surface area contributed by atoms with Gasteiger partial charge in [-0.05, 0) is 48.5 Å². The molecule has 0 unspecified atom stereocenters. The number of carbonyl (C=O) groups is 1. The molecule has 4 heteroatoms. The van der Waals surface area contributed by atoms with Crippen molar-refractivity contribution in [3.8, 4) is 5.75 Å². The second-order valence-electron chi connectivity index (χ2n) is 6.76. The van der Waals surface area contributed by atoms with Crippen molar-refractivity contribution in [2.75, 3.05) is 6.16 Å². The van der Waals surface area contributed by atoms with E-state index in [0.717, 1.165) is 0 Å². The number of esters is 1. The van der Waals surface area contributed by atoms with Crippen molar-refractivity contribution in [3.05, 3.63) is 121 Å². The smallest absolute Gasteiger partial charge is 0.350 e. The number of hydrogen-bond donors (Lipinski definition) is 0. The van der Waals surface area contributed by atoms with Gasteiger partial charge in [-0.1, -0.05) is 72.8 Å². The lowest BCUT2D eigenvalue weighted by Gasteiger charge is -2.26. The summed E-state index contributed by atoms with van der Waals surface area (Å²) in [6.07, 6.45) is 0.305. The fourth-order valence-corrected chi connectivity index (χ4v) is 7.55. The number of rotatable bonds is 6. The fourth-order valence-electron chi connectivity index (χ4n) is 3.61. The zero-order chi connectivity index (χ0) is 19.9. The molecule has 0 aliphatic carbocycles. The summed E-state index contributed by atoms with van der Waals surface area (Å²) in [5.41, 5.74) is 0. The van der Waals surface area contributed by atoms with E-state index in [1.807, 2.05) is 84.9 Å². The maximum Gasteiger partial charge on any atom is 0.350 e. The standard InChI is InChI=1S/C26H22O2P.BrH/c27-26(28-22-13-5-1-6-14-22)21-29(23-15-7-2-8-16-23,24-17-9-3-10-18-24)25-19-11-4-12-20-25;/h1-20H,21H2;1H/q+1;/p-1. The van der Waals surface area contributed by atoms with Gasteiger partial charge in [-0.3, -0.25) is 0 Å². The Hall–Kier alpha value is -2.74. The van der Waals surface area contributed by atoms with E-state index >= 15 is 0 Å². The molecule has 30 heavy (non-hydrogen) atoms. The van der Waals surface area contributed by atoms with Crippen molar-refractivity contribution in [2.45, 2.75) is 0 Å². The summed E-state index contributed by atoms with van der Waals surface area (Å²) in [6.45, 7) is 0. The van der Waals surface area contributed by atoms with Crippen molar-refractivity contribution in [3.63, 3.8) is 0 Å². The van der Waals surface area contributed by atoms with Crippen LogP contribution in [0.25, 0.3) is 0 Å². The number of hydrogen-bond acceptors (Lipinski definition) is 2. The third-order valence-corrected chi connectivity index (χ3v) is 9.20. The molecule has 0 bridgehead atoms. The van der Waals surface area contributed by atoms with Gasteiger partial charge in [0.05, 0.1) is 0 Å². The molecule has 0 heterocycles. The summed E-state index contributed by atoms with van der Waals surface area (Å²) in [5.74, 6) is 0.353. The van der Waals surface area contributed by atoms with Crippen LogP contribution in [0.2, 0.25) is 0 Å². The number of para-hydroxylation sites is 1. The SMILES string of the molecule is O=C(C[P+](c1ccccc1)(c1ccccc1)c1ccccc1)Oc1ccccc1.[Br-]. The van der Waals surface area contributed by atoms with E-state index in [1.165, 1.54) is 15.9 Å². The predicted molar refractivity (Wildman–Crippen MR) is 122 cm³/mol. The quantitative estimate of drug-likeness (QED) is 0.240. The van der Waals surface area contributed by atoms with E-state index in [-0.39, 0.29) is 23.0 Å². The van der Waals surface area contributed by atoms with E-state index in [2.05, 4.69) is 36.4 Å². The van der Waals surface area contributed by atoms with Gasteiger partial charge in [-0.25, -0.2) is 4.79 Å². The summed E-state index contributed by atoms with van der Waals surface area (Å²) < 4.78 is 5.72. The highest BCUT2D eigenvalue weighted by molar-refractivity contribution is 7.96. The Balaban J connectivity index is 0.00000256. The van der Waals surface area contributed by atoms with Crippen LogP contribution in [0.4, 0.5) is 0 Å². The Labute approximate surface area is 188 Å². The normalized spacial score (nSPS) is 10.7. The molecule has 4 rings (SSSR count). The summed E-state index contributed by atoms with van der Waals surface area (Å²) in [7, 11) is -2.22. The van der Waals surface area contributed by atoms with Crippen LogP contribution in [-0.4, -0.2) is 12.1 Å². The maximum atomic E-state index is 13.2. The van der Waals surface area contributed by atoms with Crippen LogP contribution in [0.3, 0.4) is 0 Å². The summed E-state index contributed by atoms with van der Waals surface area (Å²) in [4.78, 5) is 13.2. The van der Waals surface area contributed by atoms with Gasteiger partial charge in [0.15, 0.2) is 6.16 Å². The minimum atomic E-state index is -2.22. The number of halogens is 1. The molecule has 0 fully saturated rings. The van der Waals surface area contributed by atoms with Crippen LogP contribution in [0.15, 0.2) is 121 Å². The summed E-state index contributed by atoms with van der Waals surface area (Å²) in [6, 6.07) is 40.3. The second kappa shape index (κ2) is 10.3. The number of ether oxygens (including phenoxy) is 1. The van der Waals surface area contributed by atoms with E-state index in [9.17, 15) is 4.79 Å². The Morgan fingerprint density at radius 3 is 1.27 bits per heavy atom. The van der Waals surface area contributed by atoms with Crippen LogP contribution in [0.1, 0.15) is 0 Å². The van der Waals surface area contributed by atoms with Crippen molar-refractivity contribution < 1.29 is 26.5 Å². The number of benzene rings is 4. The average molecular weight is 477 g/mol. The average Bonchev–Trinajstić information content (AvgIpc) is 2.80. The van der Waals surface area contributed by atoms with Crippen LogP contribution in [0.5, 0.6) is 5.75 Å². The van der Waals surface area contributed by atoms with E-state index < -0.39 is 7.26 Å². The lowest BCUT2D eigenvalue weighted by molar-refractivity contribution is -0.131. The van der Waals surface area contributed by atoms with Gasteiger partial charge in [0.1, 0.15) is 28.9 Å². The monoisotopic (exact) mass is 476 g/mol. The second-order valence-corrected chi connectivity index (χ2v) is 10.2. The van der Waals surface area contributed by atoms with Gasteiger partial charge < -0.3 is 21.7 Å². The first-order valence-corrected chi connectivity index (χ1v) is 11.6. The molecule has 0 aliphatic heterocycles. The van der Waals surface area contributed by atoms with Gasteiger partial charge in [0, 0.05) is 0 Å². The summed E-state index contributed by atoms with van der Waals surface area (Å²) in [5, 5.41) is 3.51. The van der Waals surface area contributed by atoms with Crippen molar-refractivity contribution in [1.82, 2.24) is 0 Å². The van der Waals surface area contributed by atoms with E-state index in [4.69, 9.17) is 4.74 Å². The highest BCUT2D eigenvalue weighted by Crippen LogP contribution is 2.55. The highest BCUT2D eigenvalue weighted by Gasteiger charge is 2.47. The molecule has 0 saturated carbocycles. The minimum Gasteiger partial charge on any atom is -1.00 e. The van der Waals surface area contributed by atoms with Gasteiger partial charge in [0.25, 0.3) is 0 Å². The molecule has 0 radical (unpaired) electrons. The first kappa shape index (κ1) is 22.0. The molecule has 0 amide bonds. The minimum absolute atomic E-state index is 0. The first-order valence-electron chi connectivity index (χ1n) is 9.60. The molecular formula is C26H22BrO2P. The van der Waals surface area contributed by atoms with Gasteiger partial charge in [-0.15, -0.1) is 0 Å². The van der Waals surface area contributed by atoms with E-state index in [0.29, 0.717) is 11.9 Å². The van der Waals surface area contributed by atoms with Crippen LogP contribution < -0.4 is 37.6 Å². The van der Waals surface area contributed by atoms with Gasteiger partial charge in [-0.2, -0.15) is 0 Å². The molecule has 4 aromatic carbocycles. The Morgan fingerprint density at radius 2 is 0.900 bits per heavy atom. The predicted octanol–water partition coefficient (Wildman–Crippen LogP) is 1.59. The van der Waals surface area contributed by atoms with Crippen molar-refractivity contribution >= 4 is 29.1 Å². The largest absolute Gasteiger partial charge is 1.00 e. The molecule has 0 aromatic heterocycles. The lowest BCUT2D eigenvalue weighted by Crippen LogP contribution is -3.00. The Kier molecular flexibility index (Phi) is 7.57. The van der Waals surface area contributed by atoms with Crippen LogP contribution in [0, 0.1) is 0 Å². The maximum absolute atomic E-state index is 13.2. The van der Waals surface area contributed by atoms with Crippen molar-refractivity contribution in [2.24, 2.45) is 0 Å². The van der Waals surface area contributed by atoms with Crippen molar-refractivity contribution in [1.29, 1.82) is 0 Å². The van der Waals surface area contributed by atoms with Gasteiger partial charge in [0.2, 0.25) is 0 Å². The summed E-state index contributed by atoms with van der Waals surface area (Å²) >= 11 is 0. The van der Waals surface area contributed by atoms with E-state index in [1.54, 1.807) is 0 Å². The molecule has 4 aromatic rings. The third kappa shape index (κ3) is 4.70. The Morgan fingerprint density at radius 1 is 0.567 bits per heavy atom. The topological polar surface area (TPSA) is 26.3 Å². The zero-order valence-electron chi connectivity index (χ0n) is 16.4. The molecule has 0 aliphatic rings. The zero-order valence-corrected chi connectivity index (χ0v) is 18.9. The number of carbonyl (C=O) groups excluding carboxylic acids is 1. The molecular weight excluding hydrogens is 455 g/mol. The molecule has 2 nitrogen and oxygen atoms in total. The van der Waals surface area contributed by atoms with Gasteiger partial charge >= 0.3 is 5.97 Å².